The van der Waals surface area contributed by atoms with Crippen LogP contribution in [0.25, 0.3) is 0 Å². The third kappa shape index (κ3) is 3.67. The van der Waals surface area contributed by atoms with Crippen LogP contribution in [0.5, 0.6) is 0 Å². The zero-order chi connectivity index (χ0) is 9.84. The summed E-state index contributed by atoms with van der Waals surface area (Å²) in [7, 11) is 0. The third-order valence-corrected chi connectivity index (χ3v) is 3.32. The van der Waals surface area contributed by atoms with E-state index in [1.165, 1.54) is 11.3 Å². The van der Waals surface area contributed by atoms with Crippen molar-refractivity contribution in [1.29, 1.82) is 0 Å². The standard InChI is InChI=1S/C10H15ClOS/c1-7(2)3-4-9(12)10-5-8(11)6-13-10/h5-7,9,12H,3-4H2,1-2H3. The quantitative estimate of drug-likeness (QED) is 0.814. The first-order valence-electron chi connectivity index (χ1n) is 4.51. The van der Waals surface area contributed by atoms with Gasteiger partial charge in [0.15, 0.2) is 0 Å². The zero-order valence-electron chi connectivity index (χ0n) is 7.96. The zero-order valence-corrected chi connectivity index (χ0v) is 9.53. The van der Waals surface area contributed by atoms with Crippen molar-refractivity contribution in [2.75, 3.05) is 0 Å². The largest absolute Gasteiger partial charge is 0.388 e. The van der Waals surface area contributed by atoms with Gasteiger partial charge >= 0.3 is 0 Å². The maximum absolute atomic E-state index is 9.73. The molecule has 1 nitrogen and oxygen atoms in total. The predicted molar refractivity (Wildman–Crippen MR) is 58.4 cm³/mol. The molecule has 0 fully saturated rings. The number of aliphatic hydroxyl groups excluding tert-OH is 1. The highest BCUT2D eigenvalue weighted by Crippen LogP contribution is 2.28. The van der Waals surface area contributed by atoms with Crippen LogP contribution in [0.4, 0.5) is 0 Å². The molecule has 1 N–H and O–H groups in total. The van der Waals surface area contributed by atoms with E-state index in [2.05, 4.69) is 13.8 Å². The van der Waals surface area contributed by atoms with E-state index in [0.29, 0.717) is 5.92 Å². The van der Waals surface area contributed by atoms with E-state index in [-0.39, 0.29) is 6.10 Å². The highest BCUT2D eigenvalue weighted by molar-refractivity contribution is 7.10. The van der Waals surface area contributed by atoms with E-state index >= 15 is 0 Å². The lowest BCUT2D eigenvalue weighted by Crippen LogP contribution is -1.97. The summed E-state index contributed by atoms with van der Waals surface area (Å²) < 4.78 is 0. The Bertz CT molecular complexity index is 257. The highest BCUT2D eigenvalue weighted by atomic mass is 35.5. The lowest BCUT2D eigenvalue weighted by Gasteiger charge is -2.09. The molecule has 0 spiro atoms. The molecule has 1 aromatic heterocycles. The van der Waals surface area contributed by atoms with Crippen LogP contribution in [0.1, 0.15) is 37.7 Å². The molecule has 1 heterocycles. The monoisotopic (exact) mass is 218 g/mol. The fourth-order valence-electron chi connectivity index (χ4n) is 1.14. The van der Waals surface area contributed by atoms with Gasteiger partial charge in [0.1, 0.15) is 0 Å². The smallest absolute Gasteiger partial charge is 0.0882 e. The summed E-state index contributed by atoms with van der Waals surface area (Å²) in [5.74, 6) is 0.644. The van der Waals surface area contributed by atoms with E-state index in [1.807, 2.05) is 11.4 Å². The average molecular weight is 219 g/mol. The van der Waals surface area contributed by atoms with Gasteiger partial charge in [0, 0.05) is 10.3 Å². The molecule has 1 aromatic rings. The molecule has 0 aliphatic heterocycles. The minimum Gasteiger partial charge on any atom is -0.388 e. The summed E-state index contributed by atoms with van der Waals surface area (Å²) in [5, 5.41) is 12.3. The van der Waals surface area contributed by atoms with E-state index in [9.17, 15) is 5.11 Å². The molecule has 0 radical (unpaired) electrons. The summed E-state index contributed by atoms with van der Waals surface area (Å²) >= 11 is 7.29. The summed E-state index contributed by atoms with van der Waals surface area (Å²) in [6, 6.07) is 1.84. The van der Waals surface area contributed by atoms with E-state index in [1.54, 1.807) is 0 Å². The van der Waals surface area contributed by atoms with E-state index in [0.717, 1.165) is 22.7 Å². The van der Waals surface area contributed by atoms with E-state index in [4.69, 9.17) is 11.6 Å². The van der Waals surface area contributed by atoms with Crippen molar-refractivity contribution in [1.82, 2.24) is 0 Å². The summed E-state index contributed by atoms with van der Waals surface area (Å²) in [6.07, 6.45) is 1.55. The Hall–Kier alpha value is -0.0500. The Morgan fingerprint density at radius 1 is 1.46 bits per heavy atom. The van der Waals surface area contributed by atoms with Gasteiger partial charge in [0.25, 0.3) is 0 Å². The number of rotatable bonds is 4. The van der Waals surface area contributed by atoms with Crippen LogP contribution in [0, 0.1) is 5.92 Å². The fourth-order valence-corrected chi connectivity index (χ4v) is 2.24. The normalized spacial score (nSPS) is 13.6. The SMILES string of the molecule is CC(C)CCC(O)c1cc(Cl)cs1. The van der Waals surface area contributed by atoms with Gasteiger partial charge in [-0.1, -0.05) is 25.4 Å². The van der Waals surface area contributed by atoms with Gasteiger partial charge in [-0.2, -0.15) is 0 Å². The second-order valence-electron chi connectivity index (χ2n) is 3.65. The Morgan fingerprint density at radius 2 is 2.15 bits per heavy atom. The maximum atomic E-state index is 9.73. The number of hydrogen-bond acceptors (Lipinski definition) is 2. The Kier molecular flexibility index (Phi) is 4.23. The van der Waals surface area contributed by atoms with Crippen LogP contribution in [0.3, 0.4) is 0 Å². The molecule has 0 bridgehead atoms. The molecule has 1 atom stereocenters. The molecular weight excluding hydrogens is 204 g/mol. The summed E-state index contributed by atoms with van der Waals surface area (Å²) in [4.78, 5) is 0.977. The van der Waals surface area contributed by atoms with Crippen molar-refractivity contribution in [2.45, 2.75) is 32.8 Å². The van der Waals surface area contributed by atoms with Crippen molar-refractivity contribution in [3.63, 3.8) is 0 Å². The molecule has 1 unspecified atom stereocenters. The molecule has 13 heavy (non-hydrogen) atoms. The average Bonchev–Trinajstić information content (AvgIpc) is 2.47. The van der Waals surface area contributed by atoms with Crippen LogP contribution in [0.15, 0.2) is 11.4 Å². The molecule has 0 saturated carbocycles. The lowest BCUT2D eigenvalue weighted by atomic mass is 10.0. The second-order valence-corrected chi connectivity index (χ2v) is 5.03. The van der Waals surface area contributed by atoms with Crippen LogP contribution in [-0.4, -0.2) is 5.11 Å². The van der Waals surface area contributed by atoms with Gasteiger partial charge in [-0.25, -0.2) is 0 Å². The van der Waals surface area contributed by atoms with Gasteiger partial charge in [0.2, 0.25) is 0 Å². The van der Waals surface area contributed by atoms with Crippen molar-refractivity contribution in [2.24, 2.45) is 5.92 Å². The number of halogens is 1. The van der Waals surface area contributed by atoms with Gasteiger partial charge in [0.05, 0.1) is 11.1 Å². The summed E-state index contributed by atoms with van der Waals surface area (Å²) in [5.41, 5.74) is 0. The number of hydrogen-bond donors (Lipinski definition) is 1. The minimum absolute atomic E-state index is 0.333. The number of thiophene rings is 1. The molecule has 0 aliphatic rings. The van der Waals surface area contributed by atoms with Crippen molar-refractivity contribution in [3.05, 3.63) is 21.3 Å². The molecular formula is C10H15ClOS. The van der Waals surface area contributed by atoms with Gasteiger partial charge < -0.3 is 5.11 Å². The fraction of sp³-hybridized carbons (Fsp3) is 0.600. The molecule has 0 saturated heterocycles. The number of aliphatic hydroxyl groups is 1. The second kappa shape index (κ2) is 4.99. The minimum atomic E-state index is -0.333. The predicted octanol–water partition coefficient (Wildman–Crippen LogP) is 3.87. The van der Waals surface area contributed by atoms with Crippen LogP contribution < -0.4 is 0 Å². The van der Waals surface area contributed by atoms with Crippen molar-refractivity contribution >= 4 is 22.9 Å². The Morgan fingerprint density at radius 3 is 2.62 bits per heavy atom. The van der Waals surface area contributed by atoms with Crippen molar-refractivity contribution < 1.29 is 5.11 Å². The van der Waals surface area contributed by atoms with Crippen LogP contribution in [-0.2, 0) is 0 Å². The maximum Gasteiger partial charge on any atom is 0.0882 e. The molecule has 0 amide bonds. The Balaban J connectivity index is 2.44. The lowest BCUT2D eigenvalue weighted by molar-refractivity contribution is 0.163. The van der Waals surface area contributed by atoms with Crippen LogP contribution >= 0.6 is 22.9 Å². The van der Waals surface area contributed by atoms with Gasteiger partial charge in [-0.3, -0.25) is 0 Å². The highest BCUT2D eigenvalue weighted by Gasteiger charge is 2.10. The first kappa shape index (κ1) is 11.0. The topological polar surface area (TPSA) is 20.2 Å². The molecule has 0 aromatic carbocycles. The van der Waals surface area contributed by atoms with Gasteiger partial charge in [-0.05, 0) is 24.8 Å². The van der Waals surface area contributed by atoms with Gasteiger partial charge in [-0.15, -0.1) is 11.3 Å². The molecule has 1 rings (SSSR count). The third-order valence-electron chi connectivity index (χ3n) is 1.93. The first-order chi connectivity index (χ1) is 6.09. The van der Waals surface area contributed by atoms with Crippen molar-refractivity contribution in [3.8, 4) is 0 Å². The molecule has 3 heteroatoms. The molecule has 74 valence electrons. The van der Waals surface area contributed by atoms with Crippen LogP contribution in [0.2, 0.25) is 5.02 Å². The summed E-state index contributed by atoms with van der Waals surface area (Å²) in [6.45, 7) is 4.32. The van der Waals surface area contributed by atoms with E-state index < -0.39 is 0 Å². The molecule has 0 aliphatic carbocycles. The Labute approximate surface area is 88.4 Å². The first-order valence-corrected chi connectivity index (χ1v) is 5.77.